The predicted octanol–water partition coefficient (Wildman–Crippen LogP) is 2.60. The molecule has 0 amide bonds. The molecule has 0 fully saturated rings. The van der Waals surface area contributed by atoms with E-state index in [-0.39, 0.29) is 0 Å². The Morgan fingerprint density at radius 3 is 2.64 bits per heavy atom. The van der Waals surface area contributed by atoms with Gasteiger partial charge in [-0.05, 0) is 22.9 Å². The molecule has 0 saturated carbocycles. The topological polar surface area (TPSA) is 26.9 Å². The first kappa shape index (κ1) is 9.00. The number of hydrogen-bond acceptors (Lipinski definition) is 1. The third-order valence-corrected chi connectivity index (χ3v) is 2.44. The summed E-state index contributed by atoms with van der Waals surface area (Å²) in [4.78, 5) is 0. The molecule has 0 aliphatic heterocycles. The minimum atomic E-state index is 0.527. The summed E-state index contributed by atoms with van der Waals surface area (Å²) in [6, 6.07) is 8.07. The van der Waals surface area contributed by atoms with Gasteiger partial charge >= 0.3 is 0 Å². The maximum absolute atomic E-state index is 11.0. The minimum absolute atomic E-state index is 0.527. The fraction of sp³-hybridized carbons (Fsp3) is 0.250. The van der Waals surface area contributed by atoms with Gasteiger partial charge in [0.05, 0.1) is 0 Å². The molecule has 0 unspecified atom stereocenters. The van der Waals surface area contributed by atoms with Crippen LogP contribution in [0, 0.1) is 5.21 Å². The molecule has 0 spiro atoms. The number of aromatic nitrogens is 1. The normalized spacial score (nSPS) is 11.1. The van der Waals surface area contributed by atoms with E-state index in [1.807, 2.05) is 12.1 Å². The molecule has 2 nitrogen and oxygen atoms in total. The van der Waals surface area contributed by atoms with Crippen LogP contribution in [0.5, 0.6) is 0 Å². The summed E-state index contributed by atoms with van der Waals surface area (Å²) in [5.41, 5.74) is 1.31. The lowest BCUT2D eigenvalue weighted by molar-refractivity contribution is -0.603. The zero-order valence-electron chi connectivity index (χ0n) is 8.40. The van der Waals surface area contributed by atoms with Crippen molar-refractivity contribution in [2.75, 3.05) is 0 Å². The van der Waals surface area contributed by atoms with Crippen LogP contribution in [0.1, 0.15) is 25.3 Å². The number of benzene rings is 1. The Morgan fingerprint density at radius 1 is 1.14 bits per heavy atom. The first-order valence-corrected chi connectivity index (χ1v) is 4.79. The Kier molecular flexibility index (Phi) is 2.12. The molecule has 0 saturated heterocycles. The summed E-state index contributed by atoms with van der Waals surface area (Å²) >= 11 is 0. The molecular weight excluding hydrogens is 174 g/mol. The Bertz CT molecular complexity index is 463. The molecule has 1 aromatic heterocycles. The third-order valence-electron chi connectivity index (χ3n) is 2.44. The van der Waals surface area contributed by atoms with Crippen LogP contribution in [0.2, 0.25) is 0 Å². The van der Waals surface area contributed by atoms with Gasteiger partial charge in [-0.2, -0.15) is 4.73 Å². The molecule has 14 heavy (non-hydrogen) atoms. The van der Waals surface area contributed by atoms with Gasteiger partial charge < -0.3 is 5.21 Å². The second-order valence-electron chi connectivity index (χ2n) is 3.85. The number of rotatable bonds is 1. The highest BCUT2D eigenvalue weighted by Gasteiger charge is 2.02. The lowest BCUT2D eigenvalue weighted by Crippen LogP contribution is -2.23. The van der Waals surface area contributed by atoms with E-state index < -0.39 is 0 Å². The number of nitrogens with zero attached hydrogens (tertiary/aromatic N) is 1. The maximum Gasteiger partial charge on any atom is 0.188 e. The van der Waals surface area contributed by atoms with Gasteiger partial charge in [-0.1, -0.05) is 26.0 Å². The number of hydrogen-bond donors (Lipinski definition) is 0. The zero-order valence-corrected chi connectivity index (χ0v) is 8.40. The molecule has 0 bridgehead atoms. The molecular formula is C12H13NO. The standard InChI is InChI=1S/C12H13NO/c1-9(2)10-3-4-12-8-13(14)6-5-11(12)7-10/h3-9H,1-2H3. The van der Waals surface area contributed by atoms with Gasteiger partial charge in [-0.3, -0.25) is 0 Å². The van der Waals surface area contributed by atoms with E-state index in [4.69, 9.17) is 0 Å². The van der Waals surface area contributed by atoms with Crippen LogP contribution in [-0.4, -0.2) is 0 Å². The van der Waals surface area contributed by atoms with Crippen LogP contribution < -0.4 is 4.73 Å². The average Bonchev–Trinajstić information content (AvgIpc) is 2.16. The van der Waals surface area contributed by atoms with Crippen molar-refractivity contribution in [1.29, 1.82) is 0 Å². The van der Waals surface area contributed by atoms with E-state index >= 15 is 0 Å². The Labute approximate surface area is 83.4 Å². The van der Waals surface area contributed by atoms with Crippen molar-refractivity contribution in [3.8, 4) is 0 Å². The molecule has 0 aliphatic rings. The van der Waals surface area contributed by atoms with Crippen LogP contribution in [0.4, 0.5) is 0 Å². The molecule has 2 rings (SSSR count). The fourth-order valence-electron chi connectivity index (χ4n) is 1.55. The highest BCUT2D eigenvalue weighted by atomic mass is 16.5. The predicted molar refractivity (Wildman–Crippen MR) is 57.0 cm³/mol. The third kappa shape index (κ3) is 1.55. The molecule has 0 N–H and O–H groups in total. The molecule has 2 heteroatoms. The lowest BCUT2D eigenvalue weighted by Gasteiger charge is -2.06. The van der Waals surface area contributed by atoms with Crippen molar-refractivity contribution in [2.45, 2.75) is 19.8 Å². The van der Waals surface area contributed by atoms with Crippen molar-refractivity contribution in [2.24, 2.45) is 0 Å². The monoisotopic (exact) mass is 187 g/mol. The summed E-state index contributed by atoms with van der Waals surface area (Å²) in [5, 5.41) is 13.1. The Hall–Kier alpha value is -1.57. The largest absolute Gasteiger partial charge is 0.619 e. The highest BCUT2D eigenvalue weighted by molar-refractivity contribution is 5.81. The molecule has 0 radical (unpaired) electrons. The summed E-state index contributed by atoms with van der Waals surface area (Å²) in [5.74, 6) is 0.527. The van der Waals surface area contributed by atoms with Crippen molar-refractivity contribution in [1.82, 2.24) is 0 Å². The van der Waals surface area contributed by atoms with Crippen LogP contribution >= 0.6 is 0 Å². The first-order valence-electron chi connectivity index (χ1n) is 4.79. The maximum atomic E-state index is 11.0. The zero-order chi connectivity index (χ0) is 10.1. The molecule has 0 atom stereocenters. The van der Waals surface area contributed by atoms with E-state index in [2.05, 4.69) is 26.0 Å². The van der Waals surface area contributed by atoms with Gasteiger partial charge in [0, 0.05) is 11.5 Å². The van der Waals surface area contributed by atoms with Gasteiger partial charge in [-0.25, -0.2) is 0 Å². The van der Waals surface area contributed by atoms with Crippen molar-refractivity contribution >= 4 is 10.8 Å². The smallest absolute Gasteiger partial charge is 0.188 e. The minimum Gasteiger partial charge on any atom is -0.619 e. The first-order chi connectivity index (χ1) is 6.66. The summed E-state index contributed by atoms with van der Waals surface area (Å²) in [7, 11) is 0. The Morgan fingerprint density at radius 2 is 1.93 bits per heavy atom. The van der Waals surface area contributed by atoms with E-state index in [0.29, 0.717) is 5.92 Å². The van der Waals surface area contributed by atoms with E-state index in [9.17, 15) is 5.21 Å². The summed E-state index contributed by atoms with van der Waals surface area (Å²) in [6.07, 6.45) is 3.13. The average molecular weight is 187 g/mol. The SMILES string of the molecule is CC(C)c1ccc2c[n+]([O-])ccc2c1. The quantitative estimate of drug-likeness (QED) is 0.498. The van der Waals surface area contributed by atoms with Crippen molar-refractivity contribution in [3.63, 3.8) is 0 Å². The summed E-state index contributed by atoms with van der Waals surface area (Å²) < 4.78 is 0.831. The molecule has 72 valence electrons. The van der Waals surface area contributed by atoms with Crippen LogP contribution in [0.15, 0.2) is 36.7 Å². The van der Waals surface area contributed by atoms with Crippen LogP contribution in [-0.2, 0) is 0 Å². The number of pyridine rings is 1. The van der Waals surface area contributed by atoms with Crippen LogP contribution in [0.3, 0.4) is 0 Å². The molecule has 0 aliphatic carbocycles. The van der Waals surface area contributed by atoms with E-state index in [1.54, 1.807) is 6.20 Å². The second-order valence-corrected chi connectivity index (χ2v) is 3.85. The van der Waals surface area contributed by atoms with Crippen molar-refractivity contribution in [3.05, 3.63) is 47.4 Å². The van der Waals surface area contributed by atoms with Gasteiger partial charge in [0.2, 0.25) is 0 Å². The fourth-order valence-corrected chi connectivity index (χ4v) is 1.55. The number of fused-ring (bicyclic) bond motifs is 1. The Balaban J connectivity index is 2.62. The van der Waals surface area contributed by atoms with Gasteiger partial charge in [-0.15, -0.1) is 0 Å². The molecule has 1 heterocycles. The second kappa shape index (κ2) is 3.29. The van der Waals surface area contributed by atoms with E-state index in [0.717, 1.165) is 15.5 Å². The van der Waals surface area contributed by atoms with Gasteiger partial charge in [0.1, 0.15) is 0 Å². The van der Waals surface area contributed by atoms with Crippen molar-refractivity contribution < 1.29 is 4.73 Å². The van der Waals surface area contributed by atoms with Gasteiger partial charge in [0.25, 0.3) is 0 Å². The van der Waals surface area contributed by atoms with E-state index in [1.165, 1.54) is 11.8 Å². The highest BCUT2D eigenvalue weighted by Crippen LogP contribution is 2.19. The lowest BCUT2D eigenvalue weighted by atomic mass is 10.0. The van der Waals surface area contributed by atoms with Gasteiger partial charge in [0.15, 0.2) is 12.4 Å². The molecule has 2 aromatic rings. The molecule has 1 aromatic carbocycles. The summed E-state index contributed by atoms with van der Waals surface area (Å²) in [6.45, 7) is 4.33. The van der Waals surface area contributed by atoms with Crippen LogP contribution in [0.25, 0.3) is 10.8 Å².